The molecule has 3 nitrogen and oxygen atoms in total. The first kappa shape index (κ1) is 13.6. The van der Waals surface area contributed by atoms with E-state index in [1.807, 2.05) is 24.3 Å². The smallest absolute Gasteiger partial charge is 0.226 e. The molecule has 18 heavy (non-hydrogen) atoms. The quantitative estimate of drug-likeness (QED) is 0.907. The first-order valence-electron chi connectivity index (χ1n) is 6.26. The summed E-state index contributed by atoms with van der Waals surface area (Å²) >= 11 is 3.43. The number of hydrogen-bond acceptors (Lipinski definition) is 2. The fourth-order valence-corrected chi connectivity index (χ4v) is 2.59. The summed E-state index contributed by atoms with van der Waals surface area (Å²) in [5, 5.41) is 9.08. The predicted molar refractivity (Wildman–Crippen MR) is 73.9 cm³/mol. The maximum atomic E-state index is 12.2. The maximum Gasteiger partial charge on any atom is 0.226 e. The summed E-state index contributed by atoms with van der Waals surface area (Å²) in [6.07, 6.45) is 0.985. The van der Waals surface area contributed by atoms with Crippen molar-refractivity contribution in [3.63, 3.8) is 0 Å². The number of benzene rings is 1. The van der Waals surface area contributed by atoms with Gasteiger partial charge in [-0.3, -0.25) is 4.79 Å². The zero-order chi connectivity index (χ0) is 13.1. The van der Waals surface area contributed by atoms with Gasteiger partial charge in [-0.1, -0.05) is 35.0 Å². The number of aliphatic hydroxyl groups excluding tert-OH is 1. The minimum absolute atomic E-state index is 0.0147. The highest BCUT2D eigenvalue weighted by Crippen LogP contribution is 2.39. The molecule has 1 aliphatic rings. The van der Waals surface area contributed by atoms with E-state index in [1.165, 1.54) is 0 Å². The van der Waals surface area contributed by atoms with Crippen LogP contribution >= 0.6 is 15.9 Å². The van der Waals surface area contributed by atoms with Crippen LogP contribution in [0.5, 0.6) is 0 Å². The van der Waals surface area contributed by atoms with Crippen molar-refractivity contribution in [1.29, 1.82) is 0 Å². The van der Waals surface area contributed by atoms with Crippen molar-refractivity contribution in [2.75, 3.05) is 13.2 Å². The molecule has 0 bridgehead atoms. The lowest BCUT2D eigenvalue weighted by molar-refractivity contribution is -0.134. The van der Waals surface area contributed by atoms with Crippen molar-refractivity contribution in [2.24, 2.45) is 11.8 Å². The molecule has 2 unspecified atom stereocenters. The molecular formula is C14H18BrNO2. The highest BCUT2D eigenvalue weighted by molar-refractivity contribution is 9.10. The lowest BCUT2D eigenvalue weighted by atomic mass is 10.2. The summed E-state index contributed by atoms with van der Waals surface area (Å²) in [6, 6.07) is 7.93. The van der Waals surface area contributed by atoms with Crippen molar-refractivity contribution in [3.05, 3.63) is 34.3 Å². The fourth-order valence-electron chi connectivity index (χ4n) is 2.14. The molecule has 2 rings (SSSR count). The van der Waals surface area contributed by atoms with Crippen LogP contribution in [-0.4, -0.2) is 29.1 Å². The first-order valence-corrected chi connectivity index (χ1v) is 7.05. The highest BCUT2D eigenvalue weighted by Gasteiger charge is 2.41. The molecule has 1 aromatic rings. The molecule has 1 aromatic carbocycles. The lowest BCUT2D eigenvalue weighted by Crippen LogP contribution is -2.34. The molecule has 0 radical (unpaired) electrons. The standard InChI is InChI=1S/C14H18BrNO2/c1-10-7-13(10)14(18)16(5-6-17)9-11-3-2-4-12(15)8-11/h2-4,8,10,13,17H,5-7,9H2,1H3. The largest absolute Gasteiger partial charge is 0.395 e. The molecule has 4 heteroatoms. The van der Waals surface area contributed by atoms with Crippen molar-refractivity contribution in [1.82, 2.24) is 4.90 Å². The predicted octanol–water partition coefficient (Wildman–Crippen LogP) is 2.43. The van der Waals surface area contributed by atoms with E-state index in [4.69, 9.17) is 5.11 Å². The number of halogens is 1. The van der Waals surface area contributed by atoms with Crippen LogP contribution in [0.4, 0.5) is 0 Å². The maximum absolute atomic E-state index is 12.2. The number of hydrogen-bond donors (Lipinski definition) is 1. The summed E-state index contributed by atoms with van der Waals surface area (Å²) < 4.78 is 1.01. The zero-order valence-electron chi connectivity index (χ0n) is 10.5. The van der Waals surface area contributed by atoms with E-state index in [2.05, 4.69) is 22.9 Å². The van der Waals surface area contributed by atoms with Gasteiger partial charge in [0.2, 0.25) is 5.91 Å². The van der Waals surface area contributed by atoms with Gasteiger partial charge in [0, 0.05) is 23.5 Å². The number of amides is 1. The molecular weight excluding hydrogens is 294 g/mol. The average Bonchev–Trinajstić information content (AvgIpc) is 3.05. The molecule has 0 saturated heterocycles. The Labute approximate surface area is 116 Å². The van der Waals surface area contributed by atoms with E-state index in [0.29, 0.717) is 19.0 Å². The van der Waals surface area contributed by atoms with Crippen molar-refractivity contribution < 1.29 is 9.90 Å². The second kappa shape index (κ2) is 5.85. The summed E-state index contributed by atoms with van der Waals surface area (Å²) in [7, 11) is 0. The van der Waals surface area contributed by atoms with Crippen LogP contribution in [0.2, 0.25) is 0 Å². The monoisotopic (exact) mass is 311 g/mol. The van der Waals surface area contributed by atoms with E-state index in [1.54, 1.807) is 4.90 Å². The molecule has 98 valence electrons. The summed E-state index contributed by atoms with van der Waals surface area (Å²) in [4.78, 5) is 14.0. The molecule has 1 saturated carbocycles. The Morgan fingerprint density at radius 2 is 2.28 bits per heavy atom. The van der Waals surface area contributed by atoms with Gasteiger partial charge in [-0.25, -0.2) is 0 Å². The third kappa shape index (κ3) is 3.33. The Hall–Kier alpha value is -0.870. The summed E-state index contributed by atoms with van der Waals surface area (Å²) in [5.41, 5.74) is 1.08. The van der Waals surface area contributed by atoms with Crippen molar-refractivity contribution >= 4 is 21.8 Å². The Balaban J connectivity index is 2.04. The van der Waals surface area contributed by atoms with Crippen LogP contribution < -0.4 is 0 Å². The van der Waals surface area contributed by atoms with Crippen molar-refractivity contribution in [3.8, 4) is 0 Å². The van der Waals surface area contributed by atoms with Gasteiger partial charge in [0.05, 0.1) is 6.61 Å². The lowest BCUT2D eigenvalue weighted by Gasteiger charge is -2.22. The van der Waals surface area contributed by atoms with E-state index < -0.39 is 0 Å². The van der Waals surface area contributed by atoms with Crippen LogP contribution in [-0.2, 0) is 11.3 Å². The SMILES string of the molecule is CC1CC1C(=O)N(CCO)Cc1cccc(Br)c1. The second-order valence-electron chi connectivity index (χ2n) is 4.93. The molecule has 0 heterocycles. The van der Waals surface area contributed by atoms with Crippen LogP contribution in [0.3, 0.4) is 0 Å². The first-order chi connectivity index (χ1) is 8.61. The molecule has 1 amide bonds. The molecule has 0 aliphatic heterocycles. The number of rotatable bonds is 5. The van der Waals surface area contributed by atoms with Crippen LogP contribution in [0.25, 0.3) is 0 Å². The van der Waals surface area contributed by atoms with Gasteiger partial charge in [-0.05, 0) is 30.0 Å². The van der Waals surface area contributed by atoms with Crippen LogP contribution in [0, 0.1) is 11.8 Å². The highest BCUT2D eigenvalue weighted by atomic mass is 79.9. The zero-order valence-corrected chi connectivity index (χ0v) is 12.1. The molecule has 0 spiro atoms. The second-order valence-corrected chi connectivity index (χ2v) is 5.85. The average molecular weight is 312 g/mol. The number of carbonyl (C=O) groups is 1. The third-order valence-corrected chi connectivity index (χ3v) is 3.86. The summed E-state index contributed by atoms with van der Waals surface area (Å²) in [5.74, 6) is 0.849. The Kier molecular flexibility index (Phi) is 4.40. The Bertz CT molecular complexity index is 436. The minimum Gasteiger partial charge on any atom is -0.395 e. The van der Waals surface area contributed by atoms with Crippen molar-refractivity contribution in [2.45, 2.75) is 19.9 Å². The minimum atomic E-state index is 0.0147. The number of carbonyl (C=O) groups excluding carboxylic acids is 1. The number of aliphatic hydroxyl groups is 1. The van der Waals surface area contributed by atoms with Gasteiger partial charge in [0.15, 0.2) is 0 Å². The van der Waals surface area contributed by atoms with E-state index >= 15 is 0 Å². The molecule has 0 aromatic heterocycles. The summed E-state index contributed by atoms with van der Waals surface area (Å²) in [6.45, 7) is 3.09. The van der Waals surface area contributed by atoms with Gasteiger partial charge < -0.3 is 10.0 Å². The van der Waals surface area contributed by atoms with E-state index in [-0.39, 0.29) is 18.4 Å². The molecule has 1 aliphatic carbocycles. The van der Waals surface area contributed by atoms with Crippen LogP contribution in [0.15, 0.2) is 28.7 Å². The molecule has 2 atom stereocenters. The normalized spacial score (nSPS) is 21.7. The molecule has 1 fully saturated rings. The number of nitrogens with zero attached hydrogens (tertiary/aromatic N) is 1. The van der Waals surface area contributed by atoms with Gasteiger partial charge in [-0.15, -0.1) is 0 Å². The Morgan fingerprint density at radius 1 is 1.56 bits per heavy atom. The topological polar surface area (TPSA) is 40.5 Å². The van der Waals surface area contributed by atoms with Gasteiger partial charge >= 0.3 is 0 Å². The van der Waals surface area contributed by atoms with Gasteiger partial charge in [-0.2, -0.15) is 0 Å². The van der Waals surface area contributed by atoms with E-state index in [9.17, 15) is 4.79 Å². The Morgan fingerprint density at radius 3 is 2.83 bits per heavy atom. The van der Waals surface area contributed by atoms with Gasteiger partial charge in [0.25, 0.3) is 0 Å². The van der Waals surface area contributed by atoms with E-state index in [0.717, 1.165) is 16.5 Å². The van der Waals surface area contributed by atoms with Gasteiger partial charge in [0.1, 0.15) is 0 Å². The molecule has 1 N–H and O–H groups in total. The third-order valence-electron chi connectivity index (χ3n) is 3.37. The van der Waals surface area contributed by atoms with Crippen LogP contribution in [0.1, 0.15) is 18.9 Å². The fraction of sp³-hybridized carbons (Fsp3) is 0.500.